The summed E-state index contributed by atoms with van der Waals surface area (Å²) in [7, 11) is 0. The van der Waals surface area contributed by atoms with E-state index >= 15 is 0 Å². The Labute approximate surface area is 129 Å². The van der Waals surface area contributed by atoms with E-state index < -0.39 is 4.92 Å². The van der Waals surface area contributed by atoms with Crippen molar-refractivity contribution in [2.24, 2.45) is 0 Å². The van der Waals surface area contributed by atoms with E-state index in [1.807, 2.05) is 19.1 Å². The fourth-order valence-electron chi connectivity index (χ4n) is 1.57. The third kappa shape index (κ3) is 3.56. The minimum absolute atomic E-state index is 0.0181. The van der Waals surface area contributed by atoms with Crippen molar-refractivity contribution in [1.29, 1.82) is 0 Å². The number of halogens is 1. The van der Waals surface area contributed by atoms with Crippen LogP contribution in [-0.2, 0) is 0 Å². The second-order valence-electron chi connectivity index (χ2n) is 3.87. The van der Waals surface area contributed by atoms with Crippen LogP contribution in [0.2, 0.25) is 0 Å². The first kappa shape index (κ1) is 14.5. The van der Waals surface area contributed by atoms with Crippen LogP contribution in [0, 0.1) is 13.7 Å². The highest BCUT2D eigenvalue weighted by molar-refractivity contribution is 14.1. The molecule has 0 aliphatic rings. The molecule has 0 saturated carbocycles. The Morgan fingerprint density at radius 1 is 1.40 bits per heavy atom. The molecule has 0 aliphatic heterocycles. The van der Waals surface area contributed by atoms with Crippen LogP contribution in [-0.4, -0.2) is 16.5 Å². The summed E-state index contributed by atoms with van der Waals surface area (Å²) in [6.45, 7) is 2.59. The van der Waals surface area contributed by atoms with E-state index in [4.69, 9.17) is 4.74 Å². The third-order valence-corrected chi connectivity index (χ3v) is 3.08. The molecule has 1 aromatic carbocycles. The molecule has 1 N–H and O–H groups in total. The topological polar surface area (TPSA) is 77.3 Å². The number of aromatic nitrogens is 1. The van der Waals surface area contributed by atoms with Crippen molar-refractivity contribution in [1.82, 2.24) is 4.98 Å². The fraction of sp³-hybridized carbons (Fsp3) is 0.154. The van der Waals surface area contributed by atoms with Gasteiger partial charge in [0.1, 0.15) is 11.6 Å². The number of nitro groups is 1. The van der Waals surface area contributed by atoms with Crippen LogP contribution in [0.3, 0.4) is 0 Å². The van der Waals surface area contributed by atoms with E-state index in [1.165, 1.54) is 6.07 Å². The number of anilines is 1. The highest BCUT2D eigenvalue weighted by atomic mass is 127. The standard InChI is InChI=1S/C13H12IN3O3/c1-2-15-12-7-6-11(17(18)19)13(16-12)20-10-5-3-4-9(14)8-10/h3-8H,2H2,1H3,(H,15,16). The van der Waals surface area contributed by atoms with Crippen LogP contribution >= 0.6 is 22.6 Å². The molecule has 7 heteroatoms. The normalized spacial score (nSPS) is 10.1. The molecule has 0 fully saturated rings. The summed E-state index contributed by atoms with van der Waals surface area (Å²) in [5.74, 6) is 1.04. The molecule has 0 bridgehead atoms. The summed E-state index contributed by atoms with van der Waals surface area (Å²) in [5, 5.41) is 14.0. The first-order valence-electron chi connectivity index (χ1n) is 5.93. The van der Waals surface area contributed by atoms with Crippen LogP contribution in [0.5, 0.6) is 11.6 Å². The van der Waals surface area contributed by atoms with Gasteiger partial charge in [0.25, 0.3) is 0 Å². The predicted octanol–water partition coefficient (Wildman–Crippen LogP) is 3.82. The van der Waals surface area contributed by atoms with Crippen LogP contribution in [0.15, 0.2) is 36.4 Å². The van der Waals surface area contributed by atoms with Gasteiger partial charge in [-0.3, -0.25) is 10.1 Å². The molecule has 0 aliphatic carbocycles. The van der Waals surface area contributed by atoms with Crippen LogP contribution in [0.1, 0.15) is 6.92 Å². The van der Waals surface area contributed by atoms with Gasteiger partial charge in [0.15, 0.2) is 0 Å². The van der Waals surface area contributed by atoms with E-state index in [9.17, 15) is 10.1 Å². The van der Waals surface area contributed by atoms with Gasteiger partial charge in [0.2, 0.25) is 0 Å². The Hall–Kier alpha value is -1.90. The lowest BCUT2D eigenvalue weighted by Gasteiger charge is -2.08. The van der Waals surface area contributed by atoms with Crippen molar-refractivity contribution in [2.45, 2.75) is 6.92 Å². The Balaban J connectivity index is 2.36. The Kier molecular flexibility index (Phi) is 4.72. The number of pyridine rings is 1. The van der Waals surface area contributed by atoms with Crippen LogP contribution in [0.4, 0.5) is 11.5 Å². The zero-order chi connectivity index (χ0) is 14.5. The molecule has 20 heavy (non-hydrogen) atoms. The summed E-state index contributed by atoms with van der Waals surface area (Å²) in [6.07, 6.45) is 0. The summed E-state index contributed by atoms with van der Waals surface area (Å²) in [6, 6.07) is 10.2. The molecule has 0 saturated heterocycles. The van der Waals surface area contributed by atoms with Gasteiger partial charge in [-0.2, -0.15) is 4.98 Å². The van der Waals surface area contributed by atoms with E-state index in [2.05, 4.69) is 32.9 Å². The quantitative estimate of drug-likeness (QED) is 0.481. The van der Waals surface area contributed by atoms with Gasteiger partial charge in [-0.1, -0.05) is 6.07 Å². The van der Waals surface area contributed by atoms with Gasteiger partial charge in [0, 0.05) is 16.2 Å². The molecule has 2 rings (SSSR count). The van der Waals surface area contributed by atoms with Crippen molar-refractivity contribution in [2.75, 3.05) is 11.9 Å². The number of ether oxygens (including phenoxy) is 1. The molecule has 0 unspecified atom stereocenters. The molecule has 104 valence electrons. The molecule has 0 amide bonds. The Morgan fingerprint density at radius 3 is 2.85 bits per heavy atom. The lowest BCUT2D eigenvalue weighted by Crippen LogP contribution is -2.02. The first-order valence-corrected chi connectivity index (χ1v) is 7.00. The summed E-state index contributed by atoms with van der Waals surface area (Å²) < 4.78 is 6.52. The molecular weight excluding hydrogens is 373 g/mol. The van der Waals surface area contributed by atoms with Crippen molar-refractivity contribution >= 4 is 34.1 Å². The summed E-state index contributed by atoms with van der Waals surface area (Å²) in [4.78, 5) is 14.6. The van der Waals surface area contributed by atoms with Crippen molar-refractivity contribution in [3.8, 4) is 11.6 Å². The molecular formula is C13H12IN3O3. The lowest BCUT2D eigenvalue weighted by molar-refractivity contribution is -0.386. The molecule has 0 atom stereocenters. The molecule has 6 nitrogen and oxygen atoms in total. The van der Waals surface area contributed by atoms with Gasteiger partial charge in [-0.05, 0) is 53.8 Å². The van der Waals surface area contributed by atoms with E-state index in [1.54, 1.807) is 18.2 Å². The number of rotatable bonds is 5. The van der Waals surface area contributed by atoms with E-state index in [0.717, 1.165) is 3.57 Å². The van der Waals surface area contributed by atoms with Gasteiger partial charge in [-0.25, -0.2) is 0 Å². The number of nitrogens with zero attached hydrogens (tertiary/aromatic N) is 2. The largest absolute Gasteiger partial charge is 0.434 e. The maximum absolute atomic E-state index is 11.0. The predicted molar refractivity (Wildman–Crippen MR) is 84.3 cm³/mol. The Morgan fingerprint density at radius 2 is 2.20 bits per heavy atom. The smallest absolute Gasteiger partial charge is 0.331 e. The van der Waals surface area contributed by atoms with E-state index in [0.29, 0.717) is 18.1 Å². The minimum Gasteiger partial charge on any atom is -0.434 e. The molecule has 0 spiro atoms. The van der Waals surface area contributed by atoms with Crippen molar-refractivity contribution in [3.05, 3.63) is 50.1 Å². The highest BCUT2D eigenvalue weighted by Crippen LogP contribution is 2.31. The second kappa shape index (κ2) is 6.51. The summed E-state index contributed by atoms with van der Waals surface area (Å²) >= 11 is 2.14. The van der Waals surface area contributed by atoms with Crippen molar-refractivity contribution < 1.29 is 9.66 Å². The average Bonchev–Trinajstić information content (AvgIpc) is 2.39. The average molecular weight is 385 g/mol. The molecule has 1 aromatic heterocycles. The summed E-state index contributed by atoms with van der Waals surface area (Å²) in [5.41, 5.74) is -0.162. The zero-order valence-electron chi connectivity index (χ0n) is 10.7. The molecule has 0 radical (unpaired) electrons. The maximum Gasteiger partial charge on any atom is 0.331 e. The van der Waals surface area contributed by atoms with Crippen molar-refractivity contribution in [3.63, 3.8) is 0 Å². The van der Waals surface area contributed by atoms with Crippen LogP contribution in [0.25, 0.3) is 0 Å². The maximum atomic E-state index is 11.0. The minimum atomic E-state index is -0.508. The monoisotopic (exact) mass is 385 g/mol. The molecule has 1 heterocycles. The molecule has 2 aromatic rings. The lowest BCUT2D eigenvalue weighted by atomic mass is 10.3. The third-order valence-electron chi connectivity index (χ3n) is 2.41. The zero-order valence-corrected chi connectivity index (χ0v) is 12.8. The van der Waals surface area contributed by atoms with Gasteiger partial charge < -0.3 is 10.1 Å². The number of hydrogen-bond donors (Lipinski definition) is 1. The SMILES string of the molecule is CCNc1ccc([N+](=O)[O-])c(Oc2cccc(I)c2)n1. The van der Waals surface area contributed by atoms with Gasteiger partial charge in [-0.15, -0.1) is 0 Å². The number of hydrogen-bond acceptors (Lipinski definition) is 5. The van der Waals surface area contributed by atoms with Crippen LogP contribution < -0.4 is 10.1 Å². The Bertz CT molecular complexity index is 634. The highest BCUT2D eigenvalue weighted by Gasteiger charge is 2.18. The van der Waals surface area contributed by atoms with Gasteiger partial charge in [0.05, 0.1) is 4.92 Å². The fourth-order valence-corrected chi connectivity index (χ4v) is 2.08. The number of benzene rings is 1. The number of nitrogens with one attached hydrogen (secondary N) is 1. The van der Waals surface area contributed by atoms with E-state index in [-0.39, 0.29) is 11.6 Å². The second-order valence-corrected chi connectivity index (χ2v) is 5.11. The first-order chi connectivity index (χ1) is 9.60. The van der Waals surface area contributed by atoms with Gasteiger partial charge >= 0.3 is 11.6 Å².